The third-order valence-corrected chi connectivity index (χ3v) is 4.37. The van der Waals surface area contributed by atoms with Crippen LogP contribution in [0.25, 0.3) is 0 Å². The topological polar surface area (TPSA) is 79.3 Å². The fraction of sp³-hybridized carbons (Fsp3) is 0.214. The summed E-state index contributed by atoms with van der Waals surface area (Å²) in [6.45, 7) is 1.77. The molecule has 0 radical (unpaired) electrons. The van der Waals surface area contributed by atoms with Gasteiger partial charge in [0, 0.05) is 6.20 Å². The summed E-state index contributed by atoms with van der Waals surface area (Å²) in [7, 11) is -3.61. The summed E-state index contributed by atoms with van der Waals surface area (Å²) in [4.78, 5) is 4.20. The number of aromatic nitrogens is 1. The lowest BCUT2D eigenvalue weighted by Gasteiger charge is -2.09. The molecule has 5 nitrogen and oxygen atoms in total. The highest BCUT2D eigenvalue weighted by Crippen LogP contribution is 2.15. The van der Waals surface area contributed by atoms with Crippen molar-refractivity contribution in [3.8, 4) is 0 Å². The molecule has 0 amide bonds. The monoisotopic (exact) mass is 292 g/mol. The predicted octanol–water partition coefficient (Wildman–Crippen LogP) is 1.36. The molecule has 2 N–H and O–H groups in total. The number of aliphatic hydroxyl groups is 1. The van der Waals surface area contributed by atoms with Crippen LogP contribution in [0.3, 0.4) is 0 Å². The first-order valence-corrected chi connectivity index (χ1v) is 7.61. The van der Waals surface area contributed by atoms with E-state index < -0.39 is 10.0 Å². The first-order chi connectivity index (χ1) is 9.53. The summed E-state index contributed by atoms with van der Waals surface area (Å²) in [6.07, 6.45) is 1.61. The molecule has 0 saturated heterocycles. The molecule has 106 valence electrons. The third-order valence-electron chi connectivity index (χ3n) is 2.97. The number of nitrogens with zero attached hydrogens (tertiary/aromatic N) is 1. The van der Waals surface area contributed by atoms with Crippen molar-refractivity contribution in [3.05, 3.63) is 59.4 Å². The van der Waals surface area contributed by atoms with Crippen LogP contribution in [0.2, 0.25) is 0 Å². The minimum atomic E-state index is -3.61. The van der Waals surface area contributed by atoms with Gasteiger partial charge in [-0.2, -0.15) is 0 Å². The van der Waals surface area contributed by atoms with Crippen molar-refractivity contribution in [1.82, 2.24) is 9.71 Å². The number of benzene rings is 1. The molecule has 2 rings (SSSR count). The van der Waals surface area contributed by atoms with Gasteiger partial charge in [-0.05, 0) is 42.3 Å². The smallest absolute Gasteiger partial charge is 0.240 e. The van der Waals surface area contributed by atoms with E-state index in [9.17, 15) is 13.5 Å². The molecule has 0 bridgehead atoms. The molecule has 2 aromatic rings. The molecular formula is C14H16N2O3S. The van der Waals surface area contributed by atoms with Crippen LogP contribution in [0, 0.1) is 6.92 Å². The second-order valence-corrected chi connectivity index (χ2v) is 6.16. The average molecular weight is 292 g/mol. The normalized spacial score (nSPS) is 11.5. The Balaban J connectivity index is 2.18. The summed E-state index contributed by atoms with van der Waals surface area (Å²) >= 11 is 0. The van der Waals surface area contributed by atoms with Gasteiger partial charge in [0.2, 0.25) is 10.0 Å². The second kappa shape index (κ2) is 6.13. The zero-order valence-corrected chi connectivity index (χ0v) is 11.9. The average Bonchev–Trinajstić information content (AvgIpc) is 2.46. The zero-order chi connectivity index (χ0) is 14.6. The van der Waals surface area contributed by atoms with Gasteiger partial charge in [-0.3, -0.25) is 4.98 Å². The second-order valence-electron chi connectivity index (χ2n) is 4.39. The van der Waals surface area contributed by atoms with Crippen LogP contribution in [0.4, 0.5) is 0 Å². The SMILES string of the molecule is Cc1ccc(S(=O)(=O)NCc2ccccn2)cc1CO. The van der Waals surface area contributed by atoms with E-state index in [1.165, 1.54) is 12.1 Å². The number of aryl methyl sites for hydroxylation is 1. The molecule has 20 heavy (non-hydrogen) atoms. The molecule has 0 aliphatic rings. The van der Waals surface area contributed by atoms with Gasteiger partial charge in [0.05, 0.1) is 23.7 Å². The van der Waals surface area contributed by atoms with Crippen LogP contribution in [0.1, 0.15) is 16.8 Å². The molecule has 0 aliphatic carbocycles. The quantitative estimate of drug-likeness (QED) is 0.872. The van der Waals surface area contributed by atoms with Crippen molar-refractivity contribution in [2.75, 3.05) is 0 Å². The van der Waals surface area contributed by atoms with Crippen LogP contribution < -0.4 is 4.72 Å². The van der Waals surface area contributed by atoms with E-state index in [0.717, 1.165) is 5.56 Å². The van der Waals surface area contributed by atoms with Crippen molar-refractivity contribution in [2.24, 2.45) is 0 Å². The Morgan fingerprint density at radius 1 is 1.25 bits per heavy atom. The third kappa shape index (κ3) is 3.41. The number of aliphatic hydroxyl groups excluding tert-OH is 1. The van der Waals surface area contributed by atoms with E-state index >= 15 is 0 Å². The summed E-state index contributed by atoms with van der Waals surface area (Å²) in [6, 6.07) is 10.0. The van der Waals surface area contributed by atoms with Crippen LogP contribution in [-0.4, -0.2) is 18.5 Å². The molecule has 1 aromatic carbocycles. The van der Waals surface area contributed by atoms with Crippen molar-refractivity contribution < 1.29 is 13.5 Å². The Bertz CT molecular complexity index is 685. The lowest BCUT2D eigenvalue weighted by Crippen LogP contribution is -2.23. The Labute approximate surface area is 118 Å². The molecule has 0 unspecified atom stereocenters. The summed E-state index contributed by atoms with van der Waals surface area (Å²) in [5, 5.41) is 9.19. The number of sulfonamides is 1. The van der Waals surface area contributed by atoms with Crippen molar-refractivity contribution in [1.29, 1.82) is 0 Å². The standard InChI is InChI=1S/C14H16N2O3S/c1-11-5-6-14(8-12(11)10-17)20(18,19)16-9-13-4-2-3-7-15-13/h2-8,16-17H,9-10H2,1H3. The van der Waals surface area contributed by atoms with Gasteiger partial charge in [0.15, 0.2) is 0 Å². The molecular weight excluding hydrogens is 276 g/mol. The number of nitrogens with one attached hydrogen (secondary N) is 1. The van der Waals surface area contributed by atoms with Crippen LogP contribution >= 0.6 is 0 Å². The van der Waals surface area contributed by atoms with Gasteiger partial charge < -0.3 is 5.11 Å². The van der Waals surface area contributed by atoms with Gasteiger partial charge in [-0.1, -0.05) is 12.1 Å². The first-order valence-electron chi connectivity index (χ1n) is 6.13. The molecule has 6 heteroatoms. The van der Waals surface area contributed by atoms with Crippen LogP contribution in [-0.2, 0) is 23.2 Å². The molecule has 1 heterocycles. The molecule has 0 aliphatic heterocycles. The maximum Gasteiger partial charge on any atom is 0.240 e. The minimum Gasteiger partial charge on any atom is -0.392 e. The van der Waals surface area contributed by atoms with E-state index in [2.05, 4.69) is 9.71 Å². The Kier molecular flexibility index (Phi) is 4.49. The van der Waals surface area contributed by atoms with E-state index in [1.807, 2.05) is 6.92 Å². The van der Waals surface area contributed by atoms with Crippen LogP contribution in [0.15, 0.2) is 47.5 Å². The predicted molar refractivity (Wildman–Crippen MR) is 75.4 cm³/mol. The van der Waals surface area contributed by atoms with Crippen molar-refractivity contribution >= 4 is 10.0 Å². The van der Waals surface area contributed by atoms with E-state index in [0.29, 0.717) is 11.3 Å². The molecule has 1 aromatic heterocycles. The summed E-state index contributed by atoms with van der Waals surface area (Å²) in [5.74, 6) is 0. The number of rotatable bonds is 5. The Morgan fingerprint density at radius 2 is 2.05 bits per heavy atom. The maximum atomic E-state index is 12.2. The van der Waals surface area contributed by atoms with Gasteiger partial charge in [0.25, 0.3) is 0 Å². The van der Waals surface area contributed by atoms with Gasteiger partial charge >= 0.3 is 0 Å². The lowest BCUT2D eigenvalue weighted by atomic mass is 10.1. The number of hydrogen-bond acceptors (Lipinski definition) is 4. The fourth-order valence-electron chi connectivity index (χ4n) is 1.74. The van der Waals surface area contributed by atoms with E-state index in [-0.39, 0.29) is 18.0 Å². The van der Waals surface area contributed by atoms with Crippen molar-refractivity contribution in [2.45, 2.75) is 25.0 Å². The largest absolute Gasteiger partial charge is 0.392 e. The van der Waals surface area contributed by atoms with E-state index in [4.69, 9.17) is 0 Å². The number of pyridine rings is 1. The molecule has 0 spiro atoms. The highest BCUT2D eigenvalue weighted by molar-refractivity contribution is 7.89. The molecule has 0 atom stereocenters. The van der Waals surface area contributed by atoms with E-state index in [1.54, 1.807) is 30.5 Å². The maximum absolute atomic E-state index is 12.2. The number of hydrogen-bond donors (Lipinski definition) is 2. The molecule has 0 saturated carbocycles. The minimum absolute atomic E-state index is 0.130. The summed E-state index contributed by atoms with van der Waals surface area (Å²) in [5.41, 5.74) is 2.10. The lowest BCUT2D eigenvalue weighted by molar-refractivity contribution is 0.280. The Hall–Kier alpha value is -1.76. The highest BCUT2D eigenvalue weighted by Gasteiger charge is 2.15. The highest BCUT2D eigenvalue weighted by atomic mass is 32.2. The zero-order valence-electron chi connectivity index (χ0n) is 11.1. The van der Waals surface area contributed by atoms with Gasteiger partial charge in [0.1, 0.15) is 0 Å². The molecule has 0 fully saturated rings. The van der Waals surface area contributed by atoms with Crippen LogP contribution in [0.5, 0.6) is 0 Å². The summed E-state index contributed by atoms with van der Waals surface area (Å²) < 4.78 is 26.8. The fourth-order valence-corrected chi connectivity index (χ4v) is 2.79. The van der Waals surface area contributed by atoms with Gasteiger partial charge in [-0.25, -0.2) is 13.1 Å². The van der Waals surface area contributed by atoms with Gasteiger partial charge in [-0.15, -0.1) is 0 Å². The van der Waals surface area contributed by atoms with Crippen molar-refractivity contribution in [3.63, 3.8) is 0 Å². The Morgan fingerprint density at radius 3 is 2.70 bits per heavy atom. The first kappa shape index (κ1) is 14.6.